The van der Waals surface area contributed by atoms with Crippen molar-refractivity contribution in [3.05, 3.63) is 42.1 Å². The summed E-state index contributed by atoms with van der Waals surface area (Å²) in [7, 11) is 1.61. The molecule has 0 radical (unpaired) electrons. The smallest absolute Gasteiger partial charge is 0.252 e. The molecule has 0 aliphatic carbocycles. The fourth-order valence-electron chi connectivity index (χ4n) is 2.09. The Hall–Kier alpha value is -1.65. The largest absolute Gasteiger partial charge is 0.383 e. The number of amides is 1. The van der Waals surface area contributed by atoms with E-state index in [4.69, 9.17) is 16.3 Å². The molecule has 0 saturated heterocycles. The summed E-state index contributed by atoms with van der Waals surface area (Å²) in [6.07, 6.45) is 2.38. The minimum atomic E-state index is -0.129. The van der Waals surface area contributed by atoms with Crippen LogP contribution < -0.4 is 5.32 Å². The van der Waals surface area contributed by atoms with E-state index < -0.39 is 0 Å². The van der Waals surface area contributed by atoms with Crippen LogP contribution in [0.3, 0.4) is 0 Å². The van der Waals surface area contributed by atoms with Gasteiger partial charge in [0.25, 0.3) is 5.91 Å². The van der Waals surface area contributed by atoms with Crippen molar-refractivity contribution in [2.45, 2.75) is 12.5 Å². The van der Waals surface area contributed by atoms with Crippen LogP contribution in [0, 0.1) is 0 Å². The average molecular weight is 293 g/mol. The maximum atomic E-state index is 12.4. The van der Waals surface area contributed by atoms with E-state index >= 15 is 0 Å². The second-order valence-corrected chi connectivity index (χ2v) is 4.86. The van der Waals surface area contributed by atoms with Crippen LogP contribution in [0.2, 0.25) is 0 Å². The van der Waals surface area contributed by atoms with Gasteiger partial charge in [0.2, 0.25) is 0 Å². The molecule has 1 unspecified atom stereocenters. The average Bonchev–Trinajstić information content (AvgIpc) is 2.47. The Balaban J connectivity index is 2.22. The van der Waals surface area contributed by atoms with Crippen molar-refractivity contribution in [3.8, 4) is 0 Å². The zero-order valence-electron chi connectivity index (χ0n) is 11.3. The molecule has 0 spiro atoms. The van der Waals surface area contributed by atoms with Crippen molar-refractivity contribution in [3.63, 3.8) is 0 Å². The van der Waals surface area contributed by atoms with E-state index in [2.05, 4.69) is 10.3 Å². The number of methoxy groups -OCH3 is 1. The first-order chi connectivity index (χ1) is 9.76. The number of ether oxygens (including phenoxy) is 1. The zero-order chi connectivity index (χ0) is 14.4. The summed E-state index contributed by atoms with van der Waals surface area (Å²) in [6, 6.07) is 9.14. The van der Waals surface area contributed by atoms with Gasteiger partial charge in [0.1, 0.15) is 0 Å². The van der Waals surface area contributed by atoms with E-state index in [0.29, 0.717) is 24.5 Å². The lowest BCUT2D eigenvalue weighted by molar-refractivity contribution is 0.0897. The lowest BCUT2D eigenvalue weighted by Crippen LogP contribution is -2.38. The minimum Gasteiger partial charge on any atom is -0.383 e. The maximum Gasteiger partial charge on any atom is 0.252 e. The Labute approximate surface area is 123 Å². The number of aromatic nitrogens is 1. The maximum absolute atomic E-state index is 12.4. The van der Waals surface area contributed by atoms with Gasteiger partial charge in [0.15, 0.2) is 0 Å². The van der Waals surface area contributed by atoms with Gasteiger partial charge in [-0.3, -0.25) is 9.78 Å². The number of carbonyl (C=O) groups excluding carboxylic acids is 1. The molecule has 1 atom stereocenters. The minimum absolute atomic E-state index is 0.0862. The van der Waals surface area contributed by atoms with Gasteiger partial charge in [-0.1, -0.05) is 12.1 Å². The van der Waals surface area contributed by atoms with Gasteiger partial charge in [0.05, 0.1) is 18.2 Å². The number of rotatable bonds is 6. The van der Waals surface area contributed by atoms with Gasteiger partial charge >= 0.3 is 0 Å². The fraction of sp³-hybridized carbons (Fsp3) is 0.333. The third-order valence-electron chi connectivity index (χ3n) is 3.05. The van der Waals surface area contributed by atoms with Gasteiger partial charge in [-0.05, 0) is 24.6 Å². The van der Waals surface area contributed by atoms with E-state index in [9.17, 15) is 4.79 Å². The Morgan fingerprint density at radius 2 is 2.25 bits per heavy atom. The lowest BCUT2D eigenvalue weighted by atomic mass is 10.1. The van der Waals surface area contributed by atoms with Crippen molar-refractivity contribution in [1.82, 2.24) is 10.3 Å². The summed E-state index contributed by atoms with van der Waals surface area (Å²) in [6.45, 7) is 0.446. The van der Waals surface area contributed by atoms with E-state index in [0.717, 1.165) is 10.9 Å². The van der Waals surface area contributed by atoms with Crippen LogP contribution in [0.25, 0.3) is 10.9 Å². The molecule has 0 aliphatic heterocycles. The molecule has 106 valence electrons. The van der Waals surface area contributed by atoms with Gasteiger partial charge in [-0.15, -0.1) is 11.6 Å². The molecule has 1 aromatic carbocycles. The van der Waals surface area contributed by atoms with Crippen LogP contribution in [0.4, 0.5) is 0 Å². The predicted octanol–water partition coefficient (Wildman–Crippen LogP) is 2.61. The molecule has 5 heteroatoms. The summed E-state index contributed by atoms with van der Waals surface area (Å²) in [5, 5.41) is 3.79. The second kappa shape index (κ2) is 7.22. The standard InChI is InChI=1S/C15H17ClN2O2/c1-20-10-11(7-8-16)18-15(19)13-4-2-6-14-12(13)5-3-9-17-14/h2-6,9,11H,7-8,10H2,1H3,(H,18,19). The number of fused-ring (bicyclic) bond motifs is 1. The van der Waals surface area contributed by atoms with Crippen molar-refractivity contribution in [1.29, 1.82) is 0 Å². The highest BCUT2D eigenvalue weighted by atomic mass is 35.5. The molecule has 2 rings (SSSR count). The number of hydrogen-bond donors (Lipinski definition) is 1. The van der Waals surface area contributed by atoms with Crippen LogP contribution in [0.15, 0.2) is 36.5 Å². The van der Waals surface area contributed by atoms with Crippen molar-refractivity contribution >= 4 is 28.4 Å². The summed E-state index contributed by atoms with van der Waals surface area (Å²) in [5.74, 6) is 0.349. The molecule has 0 saturated carbocycles. The molecule has 1 heterocycles. The zero-order valence-corrected chi connectivity index (χ0v) is 12.1. The van der Waals surface area contributed by atoms with Crippen LogP contribution in [0.5, 0.6) is 0 Å². The van der Waals surface area contributed by atoms with Crippen molar-refractivity contribution < 1.29 is 9.53 Å². The molecule has 1 amide bonds. The molecule has 1 N–H and O–H groups in total. The molecule has 2 aromatic rings. The van der Waals surface area contributed by atoms with E-state index in [1.165, 1.54) is 0 Å². The molecular weight excluding hydrogens is 276 g/mol. The molecule has 0 aliphatic rings. The molecule has 20 heavy (non-hydrogen) atoms. The number of hydrogen-bond acceptors (Lipinski definition) is 3. The highest BCUT2D eigenvalue weighted by Crippen LogP contribution is 2.16. The SMILES string of the molecule is COCC(CCCl)NC(=O)c1cccc2ncccc12. The normalized spacial score (nSPS) is 12.3. The third-order valence-corrected chi connectivity index (χ3v) is 3.27. The first kappa shape index (κ1) is 14.8. The molecular formula is C15H17ClN2O2. The number of carbonyl (C=O) groups is 1. The number of pyridine rings is 1. The number of nitrogens with one attached hydrogen (secondary N) is 1. The molecule has 1 aromatic heterocycles. The molecule has 0 bridgehead atoms. The fourth-order valence-corrected chi connectivity index (χ4v) is 2.36. The topological polar surface area (TPSA) is 51.2 Å². The first-order valence-electron chi connectivity index (χ1n) is 6.45. The van der Waals surface area contributed by atoms with Crippen LogP contribution >= 0.6 is 11.6 Å². The highest BCUT2D eigenvalue weighted by Gasteiger charge is 2.15. The Bertz CT molecular complexity index is 578. The van der Waals surface area contributed by atoms with Crippen LogP contribution in [-0.4, -0.2) is 36.5 Å². The monoisotopic (exact) mass is 292 g/mol. The Morgan fingerprint density at radius 1 is 1.40 bits per heavy atom. The van der Waals surface area contributed by atoms with Crippen molar-refractivity contribution in [2.24, 2.45) is 0 Å². The van der Waals surface area contributed by atoms with E-state index in [-0.39, 0.29) is 11.9 Å². The quantitative estimate of drug-likeness (QED) is 0.833. The van der Waals surface area contributed by atoms with Gasteiger partial charge < -0.3 is 10.1 Å². The summed E-state index contributed by atoms with van der Waals surface area (Å²) in [4.78, 5) is 16.6. The number of nitrogens with zero attached hydrogens (tertiary/aromatic N) is 1. The summed E-state index contributed by atoms with van der Waals surface area (Å²) in [5.41, 5.74) is 1.42. The Morgan fingerprint density at radius 3 is 3.00 bits per heavy atom. The number of benzene rings is 1. The second-order valence-electron chi connectivity index (χ2n) is 4.48. The number of halogens is 1. The summed E-state index contributed by atoms with van der Waals surface area (Å²) >= 11 is 5.74. The van der Waals surface area contributed by atoms with Crippen molar-refractivity contribution in [2.75, 3.05) is 19.6 Å². The van der Waals surface area contributed by atoms with Crippen LogP contribution in [0.1, 0.15) is 16.8 Å². The predicted molar refractivity (Wildman–Crippen MR) is 80.2 cm³/mol. The highest BCUT2D eigenvalue weighted by molar-refractivity contribution is 6.17. The van der Waals surface area contributed by atoms with Gasteiger partial charge in [0, 0.05) is 30.1 Å². The van der Waals surface area contributed by atoms with Crippen LogP contribution in [-0.2, 0) is 4.74 Å². The first-order valence-corrected chi connectivity index (χ1v) is 6.99. The number of alkyl halides is 1. The van der Waals surface area contributed by atoms with E-state index in [1.54, 1.807) is 19.4 Å². The third kappa shape index (κ3) is 3.46. The van der Waals surface area contributed by atoms with Gasteiger partial charge in [-0.2, -0.15) is 0 Å². The lowest BCUT2D eigenvalue weighted by Gasteiger charge is -2.17. The molecule has 0 fully saturated rings. The van der Waals surface area contributed by atoms with E-state index in [1.807, 2.05) is 24.3 Å². The molecule has 4 nitrogen and oxygen atoms in total. The summed E-state index contributed by atoms with van der Waals surface area (Å²) < 4.78 is 5.10. The van der Waals surface area contributed by atoms with Gasteiger partial charge in [-0.25, -0.2) is 0 Å². The Kier molecular flexibility index (Phi) is 5.32.